The van der Waals surface area contributed by atoms with Gasteiger partial charge in [-0.05, 0) is 101 Å². The molecule has 9 aromatic carbocycles. The SMILES string of the molecule is Ic1c(-c2ccccc2)nc(-c2ccc3c(c2)c2cc4c(cc2c2c5ccccc5c5ccccc5c32)sc2ccccc24)nc1-c1ccccc1. The van der Waals surface area contributed by atoms with Crippen LogP contribution in [0.2, 0.25) is 0 Å². The van der Waals surface area contributed by atoms with E-state index in [2.05, 4.69) is 186 Å². The second-order valence-electron chi connectivity index (χ2n) is 13.4. The van der Waals surface area contributed by atoms with E-state index in [1.807, 2.05) is 11.3 Å². The smallest absolute Gasteiger partial charge is 0.160 e. The van der Waals surface area contributed by atoms with Gasteiger partial charge in [-0.2, -0.15) is 0 Å². The molecule has 0 saturated heterocycles. The molecule has 0 aliphatic carbocycles. The van der Waals surface area contributed by atoms with Crippen LogP contribution in [-0.4, -0.2) is 9.97 Å². The summed E-state index contributed by atoms with van der Waals surface area (Å²) in [5, 5.41) is 15.3. The predicted octanol–water partition coefficient (Wildman–Crippen LogP) is 14.2. The van der Waals surface area contributed by atoms with Crippen molar-refractivity contribution in [1.82, 2.24) is 9.97 Å². The monoisotopic (exact) mass is 790 g/mol. The Kier molecular flexibility index (Phi) is 6.73. The third kappa shape index (κ3) is 4.47. The summed E-state index contributed by atoms with van der Waals surface area (Å²) in [6, 6.07) is 59.3. The molecule has 0 radical (unpaired) electrons. The van der Waals surface area contributed by atoms with Crippen molar-refractivity contribution in [2.45, 2.75) is 0 Å². The van der Waals surface area contributed by atoms with E-state index < -0.39 is 0 Å². The third-order valence-corrected chi connectivity index (χ3v) is 12.7. The van der Waals surface area contributed by atoms with Gasteiger partial charge < -0.3 is 0 Å². The average molecular weight is 791 g/mol. The summed E-state index contributed by atoms with van der Waals surface area (Å²) in [5.41, 5.74) is 5.04. The molecule has 0 fully saturated rings. The van der Waals surface area contributed by atoms with Crippen LogP contribution < -0.4 is 0 Å². The van der Waals surface area contributed by atoms with Crippen LogP contribution in [0.15, 0.2) is 164 Å². The van der Waals surface area contributed by atoms with Crippen molar-refractivity contribution in [1.29, 1.82) is 0 Å². The summed E-state index contributed by atoms with van der Waals surface area (Å²) in [5.74, 6) is 0.721. The van der Waals surface area contributed by atoms with Gasteiger partial charge in [-0.25, -0.2) is 9.97 Å². The summed E-state index contributed by atoms with van der Waals surface area (Å²) >= 11 is 4.30. The molecule has 0 unspecified atom stereocenters. The number of hydrogen-bond donors (Lipinski definition) is 0. The van der Waals surface area contributed by atoms with Crippen molar-refractivity contribution in [2.75, 3.05) is 0 Å². The number of halogens is 1. The van der Waals surface area contributed by atoms with Crippen LogP contribution in [0, 0.1) is 3.57 Å². The first-order chi connectivity index (χ1) is 25.7. The van der Waals surface area contributed by atoms with Crippen molar-refractivity contribution < 1.29 is 0 Å². The summed E-state index contributed by atoms with van der Waals surface area (Å²) in [6.45, 7) is 0. The van der Waals surface area contributed by atoms with E-state index in [0.717, 1.165) is 37.5 Å². The number of benzene rings is 9. The highest BCUT2D eigenvalue weighted by Gasteiger charge is 2.20. The Morgan fingerprint density at radius 1 is 0.346 bits per heavy atom. The number of hydrogen-bond acceptors (Lipinski definition) is 3. The molecule has 52 heavy (non-hydrogen) atoms. The highest BCUT2D eigenvalue weighted by molar-refractivity contribution is 14.1. The number of nitrogens with zero attached hydrogens (tertiary/aromatic N) is 2. The Morgan fingerprint density at radius 2 is 0.846 bits per heavy atom. The molecule has 0 atom stereocenters. The van der Waals surface area contributed by atoms with Crippen LogP contribution in [0.4, 0.5) is 0 Å². The lowest BCUT2D eigenvalue weighted by Crippen LogP contribution is -2.00. The molecule has 2 aromatic heterocycles. The number of fused-ring (bicyclic) bond motifs is 14. The fraction of sp³-hybridized carbons (Fsp3) is 0. The Hall–Kier alpha value is -5.69. The van der Waals surface area contributed by atoms with E-state index in [0.29, 0.717) is 0 Å². The van der Waals surface area contributed by atoms with Gasteiger partial charge in [-0.15, -0.1) is 11.3 Å². The quantitative estimate of drug-likeness (QED) is 0.132. The van der Waals surface area contributed by atoms with Gasteiger partial charge in [0.2, 0.25) is 0 Å². The first-order valence-electron chi connectivity index (χ1n) is 17.4. The Morgan fingerprint density at radius 3 is 1.48 bits per heavy atom. The summed E-state index contributed by atoms with van der Waals surface area (Å²) in [4.78, 5) is 10.6. The van der Waals surface area contributed by atoms with Crippen molar-refractivity contribution >= 4 is 108 Å². The molecule has 11 rings (SSSR count). The number of aromatic nitrogens is 2. The fourth-order valence-electron chi connectivity index (χ4n) is 8.18. The highest BCUT2D eigenvalue weighted by Crippen LogP contribution is 2.47. The zero-order valence-corrected chi connectivity index (χ0v) is 30.7. The normalized spacial score (nSPS) is 11.9. The maximum absolute atomic E-state index is 5.30. The van der Waals surface area contributed by atoms with E-state index in [9.17, 15) is 0 Å². The van der Waals surface area contributed by atoms with Crippen LogP contribution in [0.25, 0.3) is 108 Å². The molecular weight excluding hydrogens is 764 g/mol. The fourth-order valence-corrected chi connectivity index (χ4v) is 10.2. The van der Waals surface area contributed by atoms with Crippen molar-refractivity contribution in [2.24, 2.45) is 0 Å². The molecule has 242 valence electrons. The van der Waals surface area contributed by atoms with E-state index in [4.69, 9.17) is 9.97 Å². The van der Waals surface area contributed by atoms with E-state index >= 15 is 0 Å². The largest absolute Gasteiger partial charge is 0.227 e. The molecule has 0 N–H and O–H groups in total. The van der Waals surface area contributed by atoms with E-state index in [-0.39, 0.29) is 0 Å². The Balaban J connectivity index is 1.30. The van der Waals surface area contributed by atoms with Gasteiger partial charge in [0.25, 0.3) is 0 Å². The molecule has 0 saturated carbocycles. The molecule has 0 aliphatic rings. The van der Waals surface area contributed by atoms with Gasteiger partial charge in [0, 0.05) is 36.9 Å². The van der Waals surface area contributed by atoms with Gasteiger partial charge in [0.05, 0.1) is 15.0 Å². The maximum atomic E-state index is 5.30. The van der Waals surface area contributed by atoms with E-state index in [1.54, 1.807) is 0 Å². The first-order valence-corrected chi connectivity index (χ1v) is 19.3. The maximum Gasteiger partial charge on any atom is 0.160 e. The molecule has 4 heteroatoms. The van der Waals surface area contributed by atoms with Crippen LogP contribution in [0.1, 0.15) is 0 Å². The minimum Gasteiger partial charge on any atom is -0.227 e. The van der Waals surface area contributed by atoms with Crippen LogP contribution in [-0.2, 0) is 0 Å². The minimum atomic E-state index is 0.721. The average Bonchev–Trinajstić information content (AvgIpc) is 3.58. The summed E-state index contributed by atoms with van der Waals surface area (Å²) in [7, 11) is 0. The lowest BCUT2D eigenvalue weighted by atomic mass is 9.86. The number of rotatable bonds is 3. The third-order valence-electron chi connectivity index (χ3n) is 10.5. The summed E-state index contributed by atoms with van der Waals surface area (Å²) in [6.07, 6.45) is 0. The van der Waals surface area contributed by atoms with Gasteiger partial charge in [0.1, 0.15) is 0 Å². The highest BCUT2D eigenvalue weighted by atomic mass is 127. The predicted molar refractivity (Wildman–Crippen MR) is 231 cm³/mol. The van der Waals surface area contributed by atoms with Gasteiger partial charge in [-0.3, -0.25) is 0 Å². The van der Waals surface area contributed by atoms with Crippen molar-refractivity contribution in [3.8, 4) is 33.9 Å². The van der Waals surface area contributed by atoms with E-state index in [1.165, 1.54) is 74.0 Å². The molecular formula is C48H27IN2S. The van der Waals surface area contributed by atoms with Crippen LogP contribution >= 0.6 is 33.9 Å². The van der Waals surface area contributed by atoms with Gasteiger partial charge >= 0.3 is 0 Å². The topological polar surface area (TPSA) is 25.8 Å². The van der Waals surface area contributed by atoms with Crippen molar-refractivity contribution in [3.63, 3.8) is 0 Å². The molecule has 0 bridgehead atoms. The lowest BCUT2D eigenvalue weighted by Gasteiger charge is -2.17. The second-order valence-corrected chi connectivity index (χ2v) is 15.5. The first kappa shape index (κ1) is 30.0. The van der Waals surface area contributed by atoms with Crippen LogP contribution in [0.5, 0.6) is 0 Å². The number of thiophene rings is 1. The zero-order valence-electron chi connectivity index (χ0n) is 27.8. The molecule has 2 heterocycles. The molecule has 0 amide bonds. The van der Waals surface area contributed by atoms with Gasteiger partial charge in [-0.1, -0.05) is 140 Å². The second kappa shape index (κ2) is 11.7. The molecule has 11 aromatic rings. The minimum absolute atomic E-state index is 0.721. The Bertz CT molecular complexity index is 3180. The standard InChI is InChI=1S/C48H27IN2S/c49-45-46(28-13-3-1-4-14-28)50-48(51-47(45)29-15-5-2-6-16-29)30-23-24-36-37(25-30)38-26-39-33-19-11-12-22-41(33)52-42(39)27-40(38)44-35-21-10-8-18-32(35)31-17-7-9-20-34(31)43(36)44/h1-27H. The molecule has 2 nitrogen and oxygen atoms in total. The Labute approximate surface area is 317 Å². The summed E-state index contributed by atoms with van der Waals surface area (Å²) < 4.78 is 3.66. The zero-order chi connectivity index (χ0) is 34.3. The van der Waals surface area contributed by atoms with Gasteiger partial charge in [0.15, 0.2) is 5.82 Å². The molecule has 0 aliphatic heterocycles. The molecule has 0 spiro atoms. The van der Waals surface area contributed by atoms with Crippen molar-refractivity contribution in [3.05, 3.63) is 167 Å². The van der Waals surface area contributed by atoms with Crippen LogP contribution in [0.3, 0.4) is 0 Å². The lowest BCUT2D eigenvalue weighted by molar-refractivity contribution is 1.17.